The number of rotatable bonds is 5. The maximum absolute atomic E-state index is 3.63. The summed E-state index contributed by atoms with van der Waals surface area (Å²) in [6.45, 7) is 0. The van der Waals surface area contributed by atoms with Crippen LogP contribution in [0.15, 0.2) is 127 Å². The molecule has 2 nitrogen and oxygen atoms in total. The van der Waals surface area contributed by atoms with Crippen LogP contribution in [0.1, 0.15) is 36.8 Å². The molecule has 2 aliphatic carbocycles. The van der Waals surface area contributed by atoms with Gasteiger partial charge in [-0.2, -0.15) is 0 Å². The van der Waals surface area contributed by atoms with E-state index in [1.165, 1.54) is 70.7 Å². The lowest BCUT2D eigenvalue weighted by atomic mass is 9.76. The Morgan fingerprint density at radius 2 is 1.03 bits per heavy atom. The third-order valence-electron chi connectivity index (χ3n) is 8.15. The van der Waals surface area contributed by atoms with Crippen molar-refractivity contribution in [2.75, 3.05) is 10.2 Å². The van der Waals surface area contributed by atoms with Gasteiger partial charge in [0.1, 0.15) is 0 Å². The van der Waals surface area contributed by atoms with Crippen LogP contribution in [0.2, 0.25) is 0 Å². The molecule has 1 saturated carbocycles. The molecular weight excluding hydrogens is 448 g/mol. The molecule has 7 rings (SSSR count). The first-order valence-electron chi connectivity index (χ1n) is 13.3. The molecule has 5 aromatic carbocycles. The van der Waals surface area contributed by atoms with Crippen molar-refractivity contribution in [3.8, 4) is 11.1 Å². The van der Waals surface area contributed by atoms with Gasteiger partial charge in [0.05, 0.1) is 0 Å². The van der Waals surface area contributed by atoms with Crippen molar-refractivity contribution >= 4 is 28.4 Å². The lowest BCUT2D eigenvalue weighted by molar-refractivity contribution is 0.550. The topological polar surface area (TPSA) is 15.3 Å². The molecule has 0 bridgehead atoms. The van der Waals surface area contributed by atoms with Gasteiger partial charge in [-0.25, -0.2) is 0 Å². The molecule has 0 saturated heterocycles. The smallest absolute Gasteiger partial charge is 0.0465 e. The average Bonchev–Trinajstić information content (AvgIpc) is 3.55. The Morgan fingerprint density at radius 3 is 1.65 bits per heavy atom. The lowest BCUT2D eigenvalue weighted by Crippen LogP contribution is -2.21. The number of para-hydroxylation sites is 3. The van der Waals surface area contributed by atoms with Crippen molar-refractivity contribution in [1.82, 2.24) is 0 Å². The zero-order chi connectivity index (χ0) is 24.7. The fourth-order valence-corrected chi connectivity index (χ4v) is 6.51. The maximum Gasteiger partial charge on any atom is 0.0465 e. The molecule has 0 amide bonds. The summed E-state index contributed by atoms with van der Waals surface area (Å²) in [4.78, 5) is 2.38. The molecule has 2 aliphatic rings. The molecule has 0 unspecified atom stereocenters. The first-order chi connectivity index (χ1) is 18.3. The van der Waals surface area contributed by atoms with E-state index in [4.69, 9.17) is 0 Å². The zero-order valence-electron chi connectivity index (χ0n) is 20.9. The third kappa shape index (κ3) is 3.72. The lowest BCUT2D eigenvalue weighted by Gasteiger charge is -2.30. The van der Waals surface area contributed by atoms with E-state index in [2.05, 4.69) is 138 Å². The number of hydrogen-bond acceptors (Lipinski definition) is 2. The van der Waals surface area contributed by atoms with Crippen LogP contribution in [-0.2, 0) is 5.41 Å². The monoisotopic (exact) mass is 478 g/mol. The van der Waals surface area contributed by atoms with Crippen LogP contribution in [0.3, 0.4) is 0 Å². The Hall–Kier alpha value is -4.30. The van der Waals surface area contributed by atoms with Crippen molar-refractivity contribution < 1.29 is 0 Å². The van der Waals surface area contributed by atoms with Crippen LogP contribution in [0.25, 0.3) is 11.1 Å². The van der Waals surface area contributed by atoms with Crippen molar-refractivity contribution in [2.45, 2.75) is 31.1 Å². The van der Waals surface area contributed by atoms with Crippen molar-refractivity contribution in [1.29, 1.82) is 0 Å². The molecule has 2 heteroatoms. The minimum absolute atomic E-state index is 0.0914. The summed E-state index contributed by atoms with van der Waals surface area (Å²) in [5.74, 6) is 0. The summed E-state index contributed by atoms with van der Waals surface area (Å²) in [7, 11) is 0. The molecule has 1 spiro atoms. The van der Waals surface area contributed by atoms with Crippen molar-refractivity contribution in [3.05, 3.63) is 139 Å². The normalized spacial score (nSPS) is 14.8. The van der Waals surface area contributed by atoms with E-state index in [-0.39, 0.29) is 5.41 Å². The second-order valence-corrected chi connectivity index (χ2v) is 10.3. The van der Waals surface area contributed by atoms with Crippen molar-refractivity contribution in [3.63, 3.8) is 0 Å². The summed E-state index contributed by atoms with van der Waals surface area (Å²) >= 11 is 0. The molecule has 0 aliphatic heterocycles. The molecule has 1 N–H and O–H groups in total. The summed E-state index contributed by atoms with van der Waals surface area (Å²) < 4.78 is 0. The molecule has 5 aromatic rings. The van der Waals surface area contributed by atoms with Gasteiger partial charge in [-0.05, 0) is 95.8 Å². The van der Waals surface area contributed by atoms with Gasteiger partial charge in [0, 0.05) is 33.9 Å². The molecule has 180 valence electrons. The highest BCUT2D eigenvalue weighted by molar-refractivity contribution is 5.87. The van der Waals surface area contributed by atoms with E-state index in [1.807, 2.05) is 0 Å². The first kappa shape index (κ1) is 21.9. The summed E-state index contributed by atoms with van der Waals surface area (Å²) in [6.07, 6.45) is 4.98. The molecule has 0 atom stereocenters. The largest absolute Gasteiger partial charge is 0.356 e. The number of fused-ring (bicyclic) bond motifs is 5. The van der Waals surface area contributed by atoms with Crippen LogP contribution in [0, 0.1) is 0 Å². The molecule has 1 fully saturated rings. The highest BCUT2D eigenvalue weighted by Crippen LogP contribution is 2.58. The Kier molecular flexibility index (Phi) is 5.32. The van der Waals surface area contributed by atoms with Gasteiger partial charge < -0.3 is 10.2 Å². The Bertz CT molecular complexity index is 1500. The van der Waals surface area contributed by atoms with Crippen LogP contribution >= 0.6 is 0 Å². The van der Waals surface area contributed by atoms with E-state index >= 15 is 0 Å². The van der Waals surface area contributed by atoms with Crippen LogP contribution < -0.4 is 10.2 Å². The van der Waals surface area contributed by atoms with Gasteiger partial charge in [0.25, 0.3) is 0 Å². The minimum Gasteiger partial charge on any atom is -0.356 e. The van der Waals surface area contributed by atoms with Crippen molar-refractivity contribution in [2.24, 2.45) is 0 Å². The number of hydrogen-bond donors (Lipinski definition) is 1. The highest BCUT2D eigenvalue weighted by Gasteiger charge is 2.45. The zero-order valence-corrected chi connectivity index (χ0v) is 20.9. The predicted molar refractivity (Wildman–Crippen MR) is 156 cm³/mol. The van der Waals surface area contributed by atoms with E-state index in [1.54, 1.807) is 0 Å². The van der Waals surface area contributed by atoms with E-state index in [0.717, 1.165) is 5.69 Å². The SMILES string of the molecule is c1ccc(Nc2ccc3c(c2)C2(CCCC2)c2cc(N(c4ccccc4)c4ccccc4)ccc2-3)cc1. The van der Waals surface area contributed by atoms with Crippen LogP contribution in [0.4, 0.5) is 28.4 Å². The Labute approximate surface area is 219 Å². The number of nitrogens with zero attached hydrogens (tertiary/aromatic N) is 1. The Balaban J connectivity index is 1.35. The highest BCUT2D eigenvalue weighted by atomic mass is 15.1. The summed E-state index contributed by atoms with van der Waals surface area (Å²) in [5, 5.41) is 3.63. The summed E-state index contributed by atoms with van der Waals surface area (Å²) in [5.41, 5.74) is 11.7. The van der Waals surface area contributed by atoms with Gasteiger partial charge in [-0.15, -0.1) is 0 Å². The maximum atomic E-state index is 3.63. The van der Waals surface area contributed by atoms with Crippen LogP contribution in [0.5, 0.6) is 0 Å². The van der Waals surface area contributed by atoms with E-state index < -0.39 is 0 Å². The molecular formula is C35H30N2. The number of nitrogens with one attached hydrogen (secondary N) is 1. The third-order valence-corrected chi connectivity index (χ3v) is 8.15. The fourth-order valence-electron chi connectivity index (χ4n) is 6.51. The van der Waals surface area contributed by atoms with E-state index in [9.17, 15) is 0 Å². The minimum atomic E-state index is 0.0914. The molecule has 0 radical (unpaired) electrons. The van der Waals surface area contributed by atoms with Gasteiger partial charge in [-0.3, -0.25) is 0 Å². The van der Waals surface area contributed by atoms with E-state index in [0.29, 0.717) is 0 Å². The predicted octanol–water partition coefficient (Wildman–Crippen LogP) is 9.74. The number of benzene rings is 5. The first-order valence-corrected chi connectivity index (χ1v) is 13.3. The van der Waals surface area contributed by atoms with Gasteiger partial charge in [0.15, 0.2) is 0 Å². The number of anilines is 5. The van der Waals surface area contributed by atoms with Gasteiger partial charge in [0.2, 0.25) is 0 Å². The molecule has 0 heterocycles. The second kappa shape index (κ2) is 8.97. The quantitative estimate of drug-likeness (QED) is 0.270. The fraction of sp³-hybridized carbons (Fsp3) is 0.143. The van der Waals surface area contributed by atoms with Crippen LogP contribution in [-0.4, -0.2) is 0 Å². The molecule has 37 heavy (non-hydrogen) atoms. The Morgan fingerprint density at radius 1 is 0.486 bits per heavy atom. The standard InChI is InChI=1S/C35H30N2/c1-4-12-26(13-5-1)36-27-18-20-31-32-21-19-30(25-34(32)35(33(31)24-27)22-10-11-23-35)37(28-14-6-2-7-15-28)29-16-8-3-9-17-29/h1-9,12-21,24-25,36H,10-11,22-23H2. The summed E-state index contributed by atoms with van der Waals surface area (Å²) in [6, 6.07) is 46.0. The molecule has 0 aromatic heterocycles. The second-order valence-electron chi connectivity index (χ2n) is 10.3. The van der Waals surface area contributed by atoms with Gasteiger partial charge in [-0.1, -0.05) is 79.6 Å². The van der Waals surface area contributed by atoms with Gasteiger partial charge >= 0.3 is 0 Å². The average molecular weight is 479 g/mol.